The summed E-state index contributed by atoms with van der Waals surface area (Å²) >= 11 is 0. The van der Waals surface area contributed by atoms with Gasteiger partial charge in [-0.2, -0.15) is 5.10 Å². The van der Waals surface area contributed by atoms with Crippen molar-refractivity contribution in [1.82, 2.24) is 24.9 Å². The number of hydrogen-bond acceptors (Lipinski definition) is 9. The molecule has 0 bridgehead atoms. The number of allylic oxidation sites excluding steroid dienone is 1. The lowest BCUT2D eigenvalue weighted by molar-refractivity contribution is 0.283. The van der Waals surface area contributed by atoms with E-state index in [4.69, 9.17) is 16.2 Å². The van der Waals surface area contributed by atoms with Crippen LogP contribution in [0.25, 0.3) is 11.1 Å². The van der Waals surface area contributed by atoms with Crippen molar-refractivity contribution in [3.8, 4) is 0 Å². The molecule has 0 spiro atoms. The van der Waals surface area contributed by atoms with Gasteiger partial charge in [-0.3, -0.25) is 0 Å². The Hall–Kier alpha value is -3.50. The SMILES string of the molecule is N=C/C(=C\NCCO)c1cnc(N)c(NCc2ccn3ncc(CO)c3c2)n1. The molecule has 3 aromatic rings. The molecule has 0 unspecified atom stereocenters. The molecule has 3 aromatic heterocycles. The van der Waals surface area contributed by atoms with Gasteiger partial charge in [-0.15, -0.1) is 0 Å². The Kier molecular flexibility index (Phi) is 6.14. The van der Waals surface area contributed by atoms with Crippen molar-refractivity contribution in [1.29, 1.82) is 5.41 Å². The summed E-state index contributed by atoms with van der Waals surface area (Å²) in [5.74, 6) is 0.654. The second kappa shape index (κ2) is 8.93. The zero-order valence-electron chi connectivity index (χ0n) is 15.1. The maximum atomic E-state index is 9.40. The lowest BCUT2D eigenvalue weighted by Gasteiger charge is -2.10. The Morgan fingerprint density at radius 3 is 2.93 bits per heavy atom. The highest BCUT2D eigenvalue weighted by atomic mass is 16.3. The first-order valence-corrected chi connectivity index (χ1v) is 8.64. The van der Waals surface area contributed by atoms with Gasteiger partial charge in [0.15, 0.2) is 11.6 Å². The number of nitrogen functional groups attached to an aromatic ring is 1. The molecule has 0 saturated carbocycles. The molecule has 0 fully saturated rings. The topological polar surface area (TPSA) is 157 Å². The van der Waals surface area contributed by atoms with Crippen molar-refractivity contribution in [2.45, 2.75) is 13.2 Å². The van der Waals surface area contributed by atoms with Crippen molar-refractivity contribution < 1.29 is 10.2 Å². The van der Waals surface area contributed by atoms with Crippen LogP contribution < -0.4 is 16.4 Å². The number of aromatic nitrogens is 4. The molecule has 0 aromatic carbocycles. The molecule has 3 heterocycles. The number of nitrogens with two attached hydrogens (primary N) is 1. The molecule has 10 heteroatoms. The molecule has 0 atom stereocenters. The zero-order valence-corrected chi connectivity index (χ0v) is 15.1. The van der Waals surface area contributed by atoms with Crippen LogP contribution in [0.1, 0.15) is 16.8 Å². The molecule has 0 aliphatic rings. The van der Waals surface area contributed by atoms with Crippen LogP contribution in [-0.4, -0.2) is 49.2 Å². The molecule has 0 aliphatic heterocycles. The lowest BCUT2D eigenvalue weighted by Crippen LogP contribution is -2.13. The number of pyridine rings is 1. The molecule has 3 rings (SSSR count). The predicted octanol–water partition coefficient (Wildman–Crippen LogP) is 0.383. The largest absolute Gasteiger partial charge is 0.395 e. The van der Waals surface area contributed by atoms with Gasteiger partial charge in [0.05, 0.1) is 36.8 Å². The Morgan fingerprint density at radius 1 is 1.32 bits per heavy atom. The lowest BCUT2D eigenvalue weighted by atomic mass is 10.2. The van der Waals surface area contributed by atoms with Gasteiger partial charge in [0, 0.05) is 42.8 Å². The van der Waals surface area contributed by atoms with Crippen LogP contribution >= 0.6 is 0 Å². The standard InChI is InChI=1S/C18H22N8O2/c19-6-13(8-21-2-4-27)15-10-22-17(20)18(25-15)23-7-12-1-3-26-16(5-12)14(11-28)9-24-26/h1,3,5-6,8-10,19,21,27-28H,2,4,7,11H2,(H2,20,22)(H,23,25)/b13-8+,19-6?. The maximum Gasteiger partial charge on any atom is 0.169 e. The Bertz CT molecular complexity index is 998. The quantitative estimate of drug-likeness (QED) is 0.229. The predicted molar refractivity (Wildman–Crippen MR) is 107 cm³/mol. The fourth-order valence-corrected chi connectivity index (χ4v) is 2.60. The second-order valence-corrected chi connectivity index (χ2v) is 5.96. The van der Waals surface area contributed by atoms with E-state index < -0.39 is 0 Å². The first-order chi connectivity index (χ1) is 13.7. The van der Waals surface area contributed by atoms with E-state index in [1.165, 1.54) is 6.20 Å². The molecule has 10 nitrogen and oxygen atoms in total. The normalized spacial score (nSPS) is 11.6. The third kappa shape index (κ3) is 4.24. The van der Waals surface area contributed by atoms with E-state index in [-0.39, 0.29) is 19.0 Å². The van der Waals surface area contributed by atoms with Crippen molar-refractivity contribution in [2.75, 3.05) is 24.2 Å². The summed E-state index contributed by atoms with van der Waals surface area (Å²) in [7, 11) is 0. The summed E-state index contributed by atoms with van der Waals surface area (Å²) in [5, 5.41) is 36.0. The van der Waals surface area contributed by atoms with Crippen LogP contribution in [0, 0.1) is 5.41 Å². The van der Waals surface area contributed by atoms with Crippen LogP contribution in [0.5, 0.6) is 0 Å². The van der Waals surface area contributed by atoms with Crippen molar-refractivity contribution in [2.24, 2.45) is 0 Å². The third-order valence-electron chi connectivity index (χ3n) is 4.06. The maximum absolute atomic E-state index is 9.40. The zero-order chi connectivity index (χ0) is 19.9. The highest BCUT2D eigenvalue weighted by Gasteiger charge is 2.09. The van der Waals surface area contributed by atoms with Gasteiger partial charge in [-0.25, -0.2) is 14.5 Å². The molecular weight excluding hydrogens is 360 g/mol. The summed E-state index contributed by atoms with van der Waals surface area (Å²) in [6.45, 7) is 0.727. The highest BCUT2D eigenvalue weighted by molar-refractivity contribution is 6.07. The van der Waals surface area contributed by atoms with E-state index in [1.54, 1.807) is 16.9 Å². The van der Waals surface area contributed by atoms with E-state index in [2.05, 4.69) is 25.7 Å². The van der Waals surface area contributed by atoms with Crippen LogP contribution in [0.2, 0.25) is 0 Å². The molecule has 0 amide bonds. The van der Waals surface area contributed by atoms with E-state index in [1.807, 2.05) is 18.3 Å². The minimum atomic E-state index is -0.0795. The number of aliphatic hydroxyl groups excluding tert-OH is 2. The summed E-state index contributed by atoms with van der Waals surface area (Å²) < 4.78 is 1.70. The van der Waals surface area contributed by atoms with Gasteiger partial charge in [0.1, 0.15) is 0 Å². The van der Waals surface area contributed by atoms with Crippen LogP contribution in [0.4, 0.5) is 11.6 Å². The fraction of sp³-hybridized carbons (Fsp3) is 0.222. The summed E-state index contributed by atoms with van der Waals surface area (Å²) in [4.78, 5) is 8.59. The second-order valence-electron chi connectivity index (χ2n) is 5.96. The number of nitrogens with one attached hydrogen (secondary N) is 3. The smallest absolute Gasteiger partial charge is 0.169 e. The summed E-state index contributed by atoms with van der Waals surface area (Å²) in [6.07, 6.45) is 7.69. The molecular formula is C18H22N8O2. The van der Waals surface area contributed by atoms with Crippen LogP contribution in [-0.2, 0) is 13.2 Å². The third-order valence-corrected chi connectivity index (χ3v) is 4.06. The molecule has 28 heavy (non-hydrogen) atoms. The Morgan fingerprint density at radius 2 is 2.18 bits per heavy atom. The van der Waals surface area contributed by atoms with E-state index in [9.17, 15) is 5.11 Å². The van der Waals surface area contributed by atoms with Gasteiger partial charge in [0.25, 0.3) is 0 Å². The summed E-state index contributed by atoms with van der Waals surface area (Å²) in [5.41, 5.74) is 9.46. The number of nitrogens with zero attached hydrogens (tertiary/aromatic N) is 4. The van der Waals surface area contributed by atoms with Gasteiger partial charge in [0.2, 0.25) is 0 Å². The average molecular weight is 382 g/mol. The van der Waals surface area contributed by atoms with Crippen molar-refractivity contribution >= 4 is 28.9 Å². The first-order valence-electron chi connectivity index (χ1n) is 8.64. The Balaban J connectivity index is 1.78. The van der Waals surface area contributed by atoms with E-state index in [0.29, 0.717) is 30.2 Å². The fourth-order valence-electron chi connectivity index (χ4n) is 2.60. The molecule has 0 radical (unpaired) electrons. The number of rotatable bonds is 9. The van der Waals surface area contributed by atoms with Crippen molar-refractivity contribution in [3.05, 3.63) is 53.7 Å². The first kappa shape index (κ1) is 19.3. The van der Waals surface area contributed by atoms with Crippen molar-refractivity contribution in [3.63, 3.8) is 0 Å². The molecule has 7 N–H and O–H groups in total. The molecule has 0 saturated heterocycles. The number of fused-ring (bicyclic) bond motifs is 1. The molecule has 0 aliphatic carbocycles. The monoisotopic (exact) mass is 382 g/mol. The van der Waals surface area contributed by atoms with Crippen LogP contribution in [0.3, 0.4) is 0 Å². The van der Waals surface area contributed by atoms with E-state index in [0.717, 1.165) is 22.9 Å². The molecule has 146 valence electrons. The average Bonchev–Trinajstić information content (AvgIpc) is 3.13. The van der Waals surface area contributed by atoms with E-state index >= 15 is 0 Å². The van der Waals surface area contributed by atoms with Crippen LogP contribution in [0.15, 0.2) is 36.9 Å². The summed E-state index contributed by atoms with van der Waals surface area (Å²) in [6, 6.07) is 3.84. The highest BCUT2D eigenvalue weighted by Crippen LogP contribution is 2.18. The minimum Gasteiger partial charge on any atom is -0.395 e. The van der Waals surface area contributed by atoms with Gasteiger partial charge < -0.3 is 32.0 Å². The van der Waals surface area contributed by atoms with Gasteiger partial charge in [-0.1, -0.05) is 0 Å². The number of aliphatic hydroxyl groups is 2. The number of hydrogen-bond donors (Lipinski definition) is 6. The van der Waals surface area contributed by atoms with Gasteiger partial charge >= 0.3 is 0 Å². The Labute approximate surface area is 161 Å². The minimum absolute atomic E-state index is 0.0124. The van der Waals surface area contributed by atoms with Gasteiger partial charge in [-0.05, 0) is 17.7 Å². The number of anilines is 2.